The Hall–Kier alpha value is -2.14. The van der Waals surface area contributed by atoms with Crippen LogP contribution in [0.5, 0.6) is 0 Å². The molecule has 1 amide bonds. The molecular weight excluding hydrogens is 328 g/mol. The number of hydrogen-bond acceptors (Lipinski definition) is 4. The number of carbonyl (C=O) groups excluding carboxylic acids is 1. The third-order valence-electron chi connectivity index (χ3n) is 5.55. The highest BCUT2D eigenvalue weighted by molar-refractivity contribution is 5.96. The maximum atomic E-state index is 13.1. The van der Waals surface area contributed by atoms with Gasteiger partial charge in [0.25, 0.3) is 5.91 Å². The molecule has 1 aliphatic heterocycles. The van der Waals surface area contributed by atoms with Gasteiger partial charge in [-0.2, -0.15) is 0 Å². The Labute approximate surface area is 155 Å². The first-order valence-corrected chi connectivity index (χ1v) is 9.48. The van der Waals surface area contributed by atoms with Gasteiger partial charge in [0.05, 0.1) is 12.3 Å². The van der Waals surface area contributed by atoms with Gasteiger partial charge < -0.3 is 14.5 Å². The molecule has 140 valence electrons. The number of amides is 1. The lowest BCUT2D eigenvalue weighted by Crippen LogP contribution is -2.48. The summed E-state index contributed by atoms with van der Waals surface area (Å²) < 4.78 is 5.24. The van der Waals surface area contributed by atoms with E-state index in [2.05, 4.69) is 17.3 Å². The number of aromatic nitrogens is 1. The molecule has 0 spiro atoms. The first kappa shape index (κ1) is 18.6. The Morgan fingerprint density at radius 2 is 2.12 bits per heavy atom. The van der Waals surface area contributed by atoms with E-state index < -0.39 is 0 Å². The summed E-state index contributed by atoms with van der Waals surface area (Å²) in [7, 11) is 0. The summed E-state index contributed by atoms with van der Waals surface area (Å²) in [6, 6.07) is 10.3. The topological polar surface area (TPSA) is 66.6 Å². The lowest BCUT2D eigenvalue weighted by molar-refractivity contribution is 0.0226. The number of aliphatic hydroxyl groups excluding tert-OH is 1. The second-order valence-corrected chi connectivity index (χ2v) is 7.39. The lowest BCUT2D eigenvalue weighted by atomic mass is 9.76. The number of benzene rings is 1. The summed E-state index contributed by atoms with van der Waals surface area (Å²) in [6.07, 6.45) is 4.32. The molecule has 1 fully saturated rings. The highest BCUT2D eigenvalue weighted by atomic mass is 16.5. The zero-order valence-electron chi connectivity index (χ0n) is 15.7. The van der Waals surface area contributed by atoms with E-state index in [0.29, 0.717) is 24.3 Å². The maximum Gasteiger partial charge on any atom is 0.259 e. The predicted molar refractivity (Wildman–Crippen MR) is 100 cm³/mol. The third kappa shape index (κ3) is 3.83. The van der Waals surface area contributed by atoms with E-state index in [1.54, 1.807) is 6.92 Å². The molecule has 1 N–H and O–H groups in total. The van der Waals surface area contributed by atoms with Crippen molar-refractivity contribution in [1.29, 1.82) is 0 Å². The fourth-order valence-corrected chi connectivity index (χ4v) is 3.94. The van der Waals surface area contributed by atoms with Crippen molar-refractivity contribution in [3.05, 3.63) is 52.9 Å². The average Bonchev–Trinajstić information content (AvgIpc) is 3.07. The van der Waals surface area contributed by atoms with Gasteiger partial charge in [-0.3, -0.25) is 4.79 Å². The molecule has 26 heavy (non-hydrogen) atoms. The van der Waals surface area contributed by atoms with Crippen molar-refractivity contribution in [2.75, 3.05) is 19.7 Å². The minimum absolute atomic E-state index is 0.0159. The highest BCUT2D eigenvalue weighted by Gasteiger charge is 2.38. The summed E-state index contributed by atoms with van der Waals surface area (Å²) in [6.45, 7) is 5.18. The number of aryl methyl sites for hydroxylation is 3. The molecule has 0 bridgehead atoms. The second kappa shape index (κ2) is 8.04. The van der Waals surface area contributed by atoms with Crippen LogP contribution >= 0.6 is 0 Å². The van der Waals surface area contributed by atoms with Gasteiger partial charge in [0.2, 0.25) is 0 Å². The van der Waals surface area contributed by atoms with E-state index >= 15 is 0 Å². The van der Waals surface area contributed by atoms with Crippen molar-refractivity contribution in [3.63, 3.8) is 0 Å². The Morgan fingerprint density at radius 1 is 1.35 bits per heavy atom. The number of rotatable bonds is 6. The van der Waals surface area contributed by atoms with Crippen LogP contribution in [0.15, 0.2) is 34.9 Å². The number of likely N-dealkylation sites (tertiary alicyclic amines) is 1. The van der Waals surface area contributed by atoms with E-state index in [-0.39, 0.29) is 17.9 Å². The van der Waals surface area contributed by atoms with Gasteiger partial charge in [0.1, 0.15) is 11.3 Å². The second-order valence-electron chi connectivity index (χ2n) is 7.39. The molecule has 0 saturated carbocycles. The molecule has 1 aromatic carbocycles. The van der Waals surface area contributed by atoms with Crippen molar-refractivity contribution >= 4 is 5.91 Å². The van der Waals surface area contributed by atoms with Crippen LogP contribution in [-0.2, 0) is 12.8 Å². The van der Waals surface area contributed by atoms with Crippen molar-refractivity contribution in [1.82, 2.24) is 10.1 Å². The normalized spacial score (nSPS) is 20.3. The predicted octanol–water partition coefficient (Wildman–Crippen LogP) is 3.39. The smallest absolute Gasteiger partial charge is 0.259 e. The summed E-state index contributed by atoms with van der Waals surface area (Å²) in [5.41, 5.74) is 2.36. The monoisotopic (exact) mass is 356 g/mol. The fraction of sp³-hybridized carbons (Fsp3) is 0.524. The molecule has 0 aliphatic carbocycles. The van der Waals surface area contributed by atoms with E-state index in [0.717, 1.165) is 37.9 Å². The quantitative estimate of drug-likeness (QED) is 0.861. The van der Waals surface area contributed by atoms with E-state index in [4.69, 9.17) is 4.52 Å². The van der Waals surface area contributed by atoms with Gasteiger partial charge >= 0.3 is 0 Å². The minimum Gasteiger partial charge on any atom is -0.396 e. The molecule has 5 nitrogen and oxygen atoms in total. The van der Waals surface area contributed by atoms with Crippen molar-refractivity contribution in [3.8, 4) is 0 Å². The molecule has 2 aromatic rings. The molecular formula is C21H28N2O3. The summed E-state index contributed by atoms with van der Waals surface area (Å²) in [5.74, 6) is 0.564. The average molecular weight is 356 g/mol. The Morgan fingerprint density at radius 3 is 2.81 bits per heavy atom. The summed E-state index contributed by atoms with van der Waals surface area (Å²) in [5, 5.41) is 14.1. The van der Waals surface area contributed by atoms with Gasteiger partial charge in [-0.15, -0.1) is 0 Å². The first-order valence-electron chi connectivity index (χ1n) is 9.48. The number of aliphatic hydroxyl groups is 1. The number of hydrogen-bond donors (Lipinski definition) is 1. The first-order chi connectivity index (χ1) is 12.6. The van der Waals surface area contributed by atoms with Gasteiger partial charge in [0, 0.05) is 18.5 Å². The number of nitrogens with zero attached hydrogens (tertiary/aromatic N) is 2. The van der Waals surface area contributed by atoms with Crippen LogP contribution in [0, 0.1) is 12.3 Å². The van der Waals surface area contributed by atoms with Gasteiger partial charge in [-0.1, -0.05) is 42.4 Å². The Balaban J connectivity index is 1.74. The van der Waals surface area contributed by atoms with Crippen molar-refractivity contribution in [2.24, 2.45) is 5.41 Å². The minimum atomic E-state index is -0.235. The molecule has 1 saturated heterocycles. The Bertz CT molecular complexity index is 741. The molecule has 0 radical (unpaired) electrons. The maximum absolute atomic E-state index is 13.1. The number of piperidine rings is 1. The van der Waals surface area contributed by atoms with Crippen molar-refractivity contribution in [2.45, 2.75) is 46.0 Å². The largest absolute Gasteiger partial charge is 0.396 e. The molecule has 1 atom stereocenters. The van der Waals surface area contributed by atoms with Crippen molar-refractivity contribution < 1.29 is 14.4 Å². The lowest BCUT2D eigenvalue weighted by Gasteiger charge is -2.42. The van der Waals surface area contributed by atoms with Gasteiger partial charge in [0.15, 0.2) is 0 Å². The van der Waals surface area contributed by atoms with Crippen LogP contribution < -0.4 is 0 Å². The van der Waals surface area contributed by atoms with E-state index in [9.17, 15) is 9.90 Å². The number of carbonyl (C=O) groups is 1. The zero-order chi connectivity index (χ0) is 18.6. The third-order valence-corrected chi connectivity index (χ3v) is 5.55. The molecule has 0 unspecified atom stereocenters. The molecule has 5 heteroatoms. The van der Waals surface area contributed by atoms with Crippen LogP contribution in [0.1, 0.15) is 53.6 Å². The SMILES string of the molecule is CCc1noc(C)c1C(=O)N1CCC[C@](CO)(CCc2ccccc2)C1. The highest BCUT2D eigenvalue weighted by Crippen LogP contribution is 2.35. The summed E-state index contributed by atoms with van der Waals surface area (Å²) in [4.78, 5) is 15.0. The Kier molecular flexibility index (Phi) is 5.77. The molecule has 1 aliphatic rings. The van der Waals surface area contributed by atoms with Gasteiger partial charge in [-0.05, 0) is 44.6 Å². The zero-order valence-corrected chi connectivity index (χ0v) is 15.7. The van der Waals surface area contributed by atoms with Gasteiger partial charge in [-0.25, -0.2) is 0 Å². The molecule has 2 heterocycles. The van der Waals surface area contributed by atoms with Crippen LogP contribution in [0.4, 0.5) is 0 Å². The van der Waals surface area contributed by atoms with E-state index in [1.807, 2.05) is 30.0 Å². The summed E-state index contributed by atoms with van der Waals surface area (Å²) >= 11 is 0. The van der Waals surface area contributed by atoms with E-state index in [1.165, 1.54) is 5.56 Å². The fourth-order valence-electron chi connectivity index (χ4n) is 3.94. The molecule has 3 rings (SSSR count). The van der Waals surface area contributed by atoms with Crippen LogP contribution in [0.2, 0.25) is 0 Å². The standard InChI is InChI=1S/C21H28N2O3/c1-3-18-19(16(2)26-22-18)20(25)23-13-7-11-21(14-23,15-24)12-10-17-8-5-4-6-9-17/h4-6,8-9,24H,3,7,10-15H2,1-2H3/t21-/m0/s1. The van der Waals surface area contributed by atoms with Crippen LogP contribution in [0.3, 0.4) is 0 Å². The van der Waals surface area contributed by atoms with Crippen LogP contribution in [0.25, 0.3) is 0 Å². The molecule has 1 aromatic heterocycles. The van der Waals surface area contributed by atoms with Crippen LogP contribution in [-0.4, -0.2) is 40.8 Å².